The molecule has 6 rings (SSSR count). The van der Waals surface area contributed by atoms with Gasteiger partial charge in [0, 0.05) is 56.7 Å². The number of urea groups is 1. The fraction of sp³-hybridized carbons (Fsp3) is 0.455. The normalized spacial score (nSPS) is 23.8. The second kappa shape index (κ2) is 11.4. The number of likely N-dealkylation sites (tertiary alicyclic amines) is 1. The second-order valence-corrected chi connectivity index (χ2v) is 12.2. The van der Waals surface area contributed by atoms with Crippen molar-refractivity contribution in [1.82, 2.24) is 24.3 Å². The summed E-state index contributed by atoms with van der Waals surface area (Å²) in [4.78, 5) is 49.7. The van der Waals surface area contributed by atoms with E-state index in [0.717, 1.165) is 36.8 Å². The molecule has 2 saturated heterocycles. The zero-order valence-corrected chi connectivity index (χ0v) is 24.2. The number of benzene rings is 2. The molecule has 1 aromatic heterocycles. The lowest BCUT2D eigenvalue weighted by atomic mass is 9.66. The zero-order valence-electron chi connectivity index (χ0n) is 24.2. The minimum Gasteiger partial charge on any atom is -0.387 e. The van der Waals surface area contributed by atoms with Crippen LogP contribution in [0.4, 0.5) is 4.79 Å². The molecule has 0 radical (unpaired) electrons. The average molecular weight is 570 g/mol. The number of piperazine rings is 1. The third-order valence-corrected chi connectivity index (χ3v) is 9.74. The molecule has 1 N–H and O–H groups in total. The summed E-state index contributed by atoms with van der Waals surface area (Å²) in [6.45, 7) is 3.99. The number of carbonyl (C=O) groups excluding carboxylic acids is 2. The third kappa shape index (κ3) is 5.22. The first kappa shape index (κ1) is 28.2. The molecule has 0 bridgehead atoms. The number of aliphatic hydroxyl groups is 1. The molecule has 2 atom stereocenters. The SMILES string of the molecule is CC(=O)N1CCN(C(=O)N2CC[C@@](O)(Cn3cnc(-c4ccccc4)cc3=O)C3(CCCC3)C2)[C@H](c2ccccc2)C1. The van der Waals surface area contributed by atoms with Crippen molar-refractivity contribution >= 4 is 11.9 Å². The first-order valence-corrected chi connectivity index (χ1v) is 15.0. The van der Waals surface area contributed by atoms with Crippen LogP contribution in [0.5, 0.6) is 0 Å². The predicted molar refractivity (Wildman–Crippen MR) is 160 cm³/mol. The minimum atomic E-state index is -1.13. The highest BCUT2D eigenvalue weighted by molar-refractivity contribution is 5.77. The summed E-state index contributed by atoms with van der Waals surface area (Å²) >= 11 is 0. The van der Waals surface area contributed by atoms with E-state index in [2.05, 4.69) is 4.98 Å². The van der Waals surface area contributed by atoms with Gasteiger partial charge in [0.05, 0.1) is 30.2 Å². The molecular weight excluding hydrogens is 530 g/mol. The second-order valence-electron chi connectivity index (χ2n) is 12.2. The fourth-order valence-corrected chi connectivity index (χ4v) is 7.30. The highest BCUT2D eigenvalue weighted by Crippen LogP contribution is 2.52. The van der Waals surface area contributed by atoms with Crippen molar-refractivity contribution in [3.8, 4) is 11.3 Å². The zero-order chi connectivity index (χ0) is 29.3. The van der Waals surface area contributed by atoms with E-state index in [1.54, 1.807) is 13.3 Å². The average Bonchev–Trinajstić information content (AvgIpc) is 3.50. The highest BCUT2D eigenvalue weighted by atomic mass is 16.3. The van der Waals surface area contributed by atoms with Gasteiger partial charge in [-0.1, -0.05) is 73.5 Å². The molecule has 1 aliphatic carbocycles. The number of hydrogen-bond donors (Lipinski definition) is 1. The Balaban J connectivity index is 1.23. The molecule has 0 unspecified atom stereocenters. The molecule has 42 heavy (non-hydrogen) atoms. The third-order valence-electron chi connectivity index (χ3n) is 9.74. The maximum absolute atomic E-state index is 14.2. The first-order valence-electron chi connectivity index (χ1n) is 15.0. The van der Waals surface area contributed by atoms with Gasteiger partial charge in [-0.15, -0.1) is 0 Å². The molecule has 3 fully saturated rings. The Labute approximate surface area is 246 Å². The van der Waals surface area contributed by atoms with Gasteiger partial charge < -0.3 is 19.8 Å². The van der Waals surface area contributed by atoms with E-state index in [-0.39, 0.29) is 30.1 Å². The van der Waals surface area contributed by atoms with Gasteiger partial charge in [-0.25, -0.2) is 9.78 Å². The van der Waals surface area contributed by atoms with Gasteiger partial charge in [0.25, 0.3) is 5.56 Å². The van der Waals surface area contributed by atoms with Crippen LogP contribution < -0.4 is 5.56 Å². The van der Waals surface area contributed by atoms with E-state index in [4.69, 9.17) is 0 Å². The number of rotatable bonds is 4. The largest absolute Gasteiger partial charge is 0.387 e. The van der Waals surface area contributed by atoms with Crippen LogP contribution in [0.3, 0.4) is 0 Å². The fourth-order valence-electron chi connectivity index (χ4n) is 7.30. The molecule has 3 aliphatic rings. The predicted octanol–water partition coefficient (Wildman–Crippen LogP) is 3.93. The van der Waals surface area contributed by atoms with Crippen LogP contribution in [-0.2, 0) is 11.3 Å². The summed E-state index contributed by atoms with van der Waals surface area (Å²) in [6, 6.07) is 20.7. The molecule has 9 heteroatoms. The van der Waals surface area contributed by atoms with Crippen LogP contribution in [0.15, 0.2) is 77.9 Å². The van der Waals surface area contributed by atoms with Crippen LogP contribution in [-0.4, -0.2) is 79.6 Å². The Bertz CT molecular complexity index is 1490. The van der Waals surface area contributed by atoms with Crippen molar-refractivity contribution < 1.29 is 14.7 Å². The summed E-state index contributed by atoms with van der Waals surface area (Å²) in [7, 11) is 0. The first-order chi connectivity index (χ1) is 20.3. The van der Waals surface area contributed by atoms with Crippen LogP contribution in [0, 0.1) is 5.41 Å². The quantitative estimate of drug-likeness (QED) is 0.514. The van der Waals surface area contributed by atoms with Gasteiger partial charge in [-0.2, -0.15) is 0 Å². The van der Waals surface area contributed by atoms with Gasteiger partial charge in [0.2, 0.25) is 5.91 Å². The molecule has 3 amide bonds. The lowest BCUT2D eigenvalue weighted by Crippen LogP contribution is -2.64. The molecule has 3 aromatic rings. The van der Waals surface area contributed by atoms with Crippen LogP contribution in [0.1, 0.15) is 50.6 Å². The lowest BCUT2D eigenvalue weighted by Gasteiger charge is -2.53. The molecule has 3 heterocycles. The van der Waals surface area contributed by atoms with Gasteiger partial charge in [0.1, 0.15) is 0 Å². The van der Waals surface area contributed by atoms with E-state index in [9.17, 15) is 19.5 Å². The van der Waals surface area contributed by atoms with Gasteiger partial charge in [-0.3, -0.25) is 14.2 Å². The van der Waals surface area contributed by atoms with Crippen molar-refractivity contribution in [2.45, 2.75) is 57.2 Å². The number of aromatic nitrogens is 2. The summed E-state index contributed by atoms with van der Waals surface area (Å²) < 4.78 is 1.52. The van der Waals surface area contributed by atoms with E-state index in [1.165, 1.54) is 10.6 Å². The summed E-state index contributed by atoms with van der Waals surface area (Å²) in [5, 5.41) is 12.2. The van der Waals surface area contributed by atoms with Gasteiger partial charge in [-0.05, 0) is 24.8 Å². The van der Waals surface area contributed by atoms with Crippen molar-refractivity contribution in [3.05, 3.63) is 89.0 Å². The molecule has 2 aliphatic heterocycles. The van der Waals surface area contributed by atoms with Crippen LogP contribution >= 0.6 is 0 Å². The summed E-state index contributed by atoms with van der Waals surface area (Å²) in [6.07, 6.45) is 5.50. The number of piperidine rings is 1. The van der Waals surface area contributed by atoms with Gasteiger partial charge >= 0.3 is 6.03 Å². The smallest absolute Gasteiger partial charge is 0.320 e. The molecule has 9 nitrogen and oxygen atoms in total. The molecule has 1 spiro atoms. The van der Waals surface area contributed by atoms with Crippen molar-refractivity contribution in [1.29, 1.82) is 0 Å². The monoisotopic (exact) mass is 569 g/mol. The number of nitrogens with zero attached hydrogens (tertiary/aromatic N) is 5. The Kier molecular flexibility index (Phi) is 7.62. The summed E-state index contributed by atoms with van der Waals surface area (Å²) in [5.41, 5.74) is 0.661. The topological polar surface area (TPSA) is 99.0 Å². The van der Waals surface area contributed by atoms with Crippen LogP contribution in [0.25, 0.3) is 11.3 Å². The number of carbonyl (C=O) groups is 2. The maximum Gasteiger partial charge on any atom is 0.320 e. The Morgan fingerprint density at radius 1 is 0.929 bits per heavy atom. The maximum atomic E-state index is 14.2. The molecule has 2 aromatic carbocycles. The van der Waals surface area contributed by atoms with Gasteiger partial charge in [0.15, 0.2) is 0 Å². The highest BCUT2D eigenvalue weighted by Gasteiger charge is 2.56. The molecule has 1 saturated carbocycles. The number of amides is 3. The Hall–Kier alpha value is -3.98. The number of hydrogen-bond acceptors (Lipinski definition) is 5. The van der Waals surface area contributed by atoms with Crippen LogP contribution in [0.2, 0.25) is 0 Å². The standard InChI is InChI=1S/C33H39N5O4/c1-25(39)35-18-19-38(29(21-35)27-12-6-3-7-13-27)31(41)36-17-16-33(42,32(22-36)14-8-9-15-32)23-37-24-34-28(20-30(37)40)26-10-4-2-5-11-26/h2-7,10-13,20,24,29,42H,8-9,14-19,21-23H2,1H3/t29-,33+/m0/s1. The van der Waals surface area contributed by atoms with E-state index in [0.29, 0.717) is 44.8 Å². The van der Waals surface area contributed by atoms with E-state index >= 15 is 0 Å². The van der Waals surface area contributed by atoms with E-state index in [1.807, 2.05) is 75.4 Å². The Morgan fingerprint density at radius 3 is 2.29 bits per heavy atom. The summed E-state index contributed by atoms with van der Waals surface area (Å²) in [5.74, 6) is 0.0116. The van der Waals surface area contributed by atoms with Crippen molar-refractivity contribution in [2.75, 3.05) is 32.7 Å². The van der Waals surface area contributed by atoms with Crippen molar-refractivity contribution in [3.63, 3.8) is 0 Å². The van der Waals surface area contributed by atoms with Crippen molar-refractivity contribution in [2.24, 2.45) is 5.41 Å². The van der Waals surface area contributed by atoms with E-state index < -0.39 is 11.0 Å². The molecular formula is C33H39N5O4. The minimum absolute atomic E-state index is 0.0116. The molecule has 220 valence electrons. The lowest BCUT2D eigenvalue weighted by molar-refractivity contribution is -0.138. The Morgan fingerprint density at radius 2 is 1.62 bits per heavy atom.